The summed E-state index contributed by atoms with van der Waals surface area (Å²) in [6.07, 6.45) is 4.92. The van der Waals surface area contributed by atoms with E-state index in [9.17, 15) is 24.0 Å². The van der Waals surface area contributed by atoms with E-state index in [1.165, 1.54) is 7.11 Å². The molecule has 1 aromatic carbocycles. The largest absolute Gasteiger partial charge is 0.497 e. The summed E-state index contributed by atoms with van der Waals surface area (Å²) >= 11 is 0. The average molecular weight is 635 g/mol. The number of halogens is 1. The minimum absolute atomic E-state index is 0. The van der Waals surface area contributed by atoms with Gasteiger partial charge in [0.1, 0.15) is 24.0 Å². The molecule has 4 N–H and O–H groups in total. The molecule has 2 atom stereocenters. The van der Waals surface area contributed by atoms with E-state index in [2.05, 4.69) is 16.0 Å². The summed E-state index contributed by atoms with van der Waals surface area (Å²) in [5.41, 5.74) is 0.793. The van der Waals surface area contributed by atoms with Gasteiger partial charge in [-0.1, -0.05) is 19.3 Å². The first-order valence-corrected chi connectivity index (χ1v) is 14.8. The van der Waals surface area contributed by atoms with Crippen LogP contribution in [0, 0.1) is 5.92 Å². The van der Waals surface area contributed by atoms with Crippen molar-refractivity contribution in [3.8, 4) is 5.75 Å². The lowest BCUT2D eigenvalue weighted by atomic mass is 9.83. The molecule has 0 unspecified atom stereocenters. The number of carbonyl (C=O) groups is 5. The maximum absolute atomic E-state index is 13.9. The maximum Gasteiger partial charge on any atom is 0.322 e. The third kappa shape index (κ3) is 7.44. The fourth-order valence-corrected chi connectivity index (χ4v) is 6.00. The van der Waals surface area contributed by atoms with Gasteiger partial charge in [-0.05, 0) is 44.9 Å². The van der Waals surface area contributed by atoms with Crippen molar-refractivity contribution in [2.24, 2.45) is 13.0 Å². The van der Waals surface area contributed by atoms with Crippen molar-refractivity contribution in [3.05, 3.63) is 29.5 Å². The smallest absolute Gasteiger partial charge is 0.322 e. The predicted octanol–water partition coefficient (Wildman–Crippen LogP) is 1.38. The van der Waals surface area contributed by atoms with Crippen LogP contribution in [-0.2, 0) is 21.4 Å². The Balaban J connectivity index is 0.00000529. The Kier molecular flexibility index (Phi) is 12.0. The second kappa shape index (κ2) is 15.2. The Labute approximate surface area is 263 Å². The van der Waals surface area contributed by atoms with Crippen molar-refractivity contribution < 1.29 is 33.8 Å². The molecule has 1 aliphatic carbocycles. The number of carboxylic acids is 1. The van der Waals surface area contributed by atoms with Crippen LogP contribution in [0.4, 0.5) is 0 Å². The number of hydrogen-bond donors (Lipinski definition) is 4. The minimum Gasteiger partial charge on any atom is -0.497 e. The number of rotatable bonds is 10. The lowest BCUT2D eigenvalue weighted by molar-refractivity contribution is -0.140. The monoisotopic (exact) mass is 634 g/mol. The third-order valence-electron chi connectivity index (χ3n) is 8.63. The molecule has 1 aliphatic heterocycles. The van der Waals surface area contributed by atoms with E-state index in [1.807, 2.05) is 0 Å². The predicted molar refractivity (Wildman–Crippen MR) is 166 cm³/mol. The van der Waals surface area contributed by atoms with Gasteiger partial charge in [0.2, 0.25) is 11.8 Å². The molecule has 4 rings (SSSR count). The molecule has 14 heteroatoms. The Bertz CT molecular complexity index is 1380. The van der Waals surface area contributed by atoms with Crippen LogP contribution in [0.3, 0.4) is 0 Å². The molecule has 2 aromatic rings. The molecular formula is C30H43ClN6O7. The van der Waals surface area contributed by atoms with Crippen molar-refractivity contribution in [1.29, 1.82) is 0 Å². The van der Waals surface area contributed by atoms with Gasteiger partial charge in [0, 0.05) is 44.7 Å². The second-order valence-electron chi connectivity index (χ2n) is 11.3. The molecule has 0 bridgehead atoms. The standard InChI is InChI=1S/C30H42N6O7.ClH/c1-18(31-2)27(39)33-25(19-8-6-5-7-9-19)29(41)35-12-14-36(15-13-35)30(42)26-24(28(40)32-17-23(37)38)21-11-10-20(43-4)16-22(21)34(26)3;/h10-11,16,18-19,25,31H,5-9,12-15,17H2,1-4H3,(H,32,40)(H,33,39)(H,37,38);1H/t18-,25-;/m0./s1. The summed E-state index contributed by atoms with van der Waals surface area (Å²) in [5, 5.41) is 17.9. The zero-order valence-corrected chi connectivity index (χ0v) is 26.5. The number of likely N-dealkylation sites (N-methyl/N-ethyl adjacent to an activating group) is 1. The number of fused-ring (bicyclic) bond motifs is 1. The Morgan fingerprint density at radius 3 is 2.25 bits per heavy atom. The number of aliphatic carboxylic acids is 1. The van der Waals surface area contributed by atoms with E-state index in [0.717, 1.165) is 32.1 Å². The van der Waals surface area contributed by atoms with Gasteiger partial charge in [0.05, 0.1) is 24.2 Å². The Morgan fingerprint density at radius 2 is 1.66 bits per heavy atom. The van der Waals surface area contributed by atoms with Crippen LogP contribution in [0.5, 0.6) is 5.75 Å². The maximum atomic E-state index is 13.9. The molecule has 1 aromatic heterocycles. The highest BCUT2D eigenvalue weighted by Gasteiger charge is 2.37. The van der Waals surface area contributed by atoms with Crippen LogP contribution in [-0.4, -0.2) is 108 Å². The summed E-state index contributed by atoms with van der Waals surface area (Å²) in [7, 11) is 4.89. The number of hydrogen-bond acceptors (Lipinski definition) is 7. The SMILES string of the molecule is CN[C@@H](C)C(=O)N[C@H](C(=O)N1CCN(C(=O)c2c(C(=O)NCC(=O)O)c3ccc(OC)cc3n2C)CC1)C1CCCCC1.Cl. The van der Waals surface area contributed by atoms with Gasteiger partial charge in [0.25, 0.3) is 11.8 Å². The van der Waals surface area contributed by atoms with Crippen molar-refractivity contribution in [2.45, 2.75) is 51.1 Å². The molecule has 0 spiro atoms. The summed E-state index contributed by atoms with van der Waals surface area (Å²) in [4.78, 5) is 68.1. The lowest BCUT2D eigenvalue weighted by Crippen LogP contribution is -2.59. The van der Waals surface area contributed by atoms with Crippen molar-refractivity contribution >= 4 is 52.9 Å². The minimum atomic E-state index is -1.20. The quantitative estimate of drug-likeness (QED) is 0.305. The van der Waals surface area contributed by atoms with Crippen molar-refractivity contribution in [3.63, 3.8) is 0 Å². The highest BCUT2D eigenvalue weighted by atomic mass is 35.5. The number of carbonyl (C=O) groups excluding carboxylic acids is 4. The van der Waals surface area contributed by atoms with Crippen LogP contribution in [0.1, 0.15) is 59.9 Å². The molecule has 2 aliphatic rings. The molecule has 2 heterocycles. The fourth-order valence-electron chi connectivity index (χ4n) is 6.00. The summed E-state index contributed by atoms with van der Waals surface area (Å²) < 4.78 is 6.95. The molecule has 44 heavy (non-hydrogen) atoms. The second-order valence-corrected chi connectivity index (χ2v) is 11.3. The van der Waals surface area contributed by atoms with Crippen LogP contribution >= 0.6 is 12.4 Å². The van der Waals surface area contributed by atoms with Crippen molar-refractivity contribution in [2.75, 3.05) is 46.9 Å². The normalized spacial score (nSPS) is 16.9. The van der Waals surface area contributed by atoms with Crippen LogP contribution in [0.15, 0.2) is 18.2 Å². The number of aryl methyl sites for hydroxylation is 1. The van der Waals surface area contributed by atoms with Gasteiger partial charge in [-0.25, -0.2) is 0 Å². The molecule has 4 amide bonds. The van der Waals surface area contributed by atoms with E-state index in [0.29, 0.717) is 16.7 Å². The van der Waals surface area contributed by atoms with E-state index in [4.69, 9.17) is 9.84 Å². The number of carboxylic acid groups (broad SMARTS) is 1. The Hall–Kier alpha value is -3.84. The number of ether oxygens (including phenoxy) is 1. The number of methoxy groups -OCH3 is 1. The molecule has 13 nitrogen and oxygen atoms in total. The zero-order chi connectivity index (χ0) is 31.3. The number of benzene rings is 1. The lowest BCUT2D eigenvalue weighted by Gasteiger charge is -2.39. The number of amides is 4. The average Bonchev–Trinajstić information content (AvgIpc) is 3.32. The summed E-state index contributed by atoms with van der Waals surface area (Å²) in [5.74, 6) is -2.02. The summed E-state index contributed by atoms with van der Waals surface area (Å²) in [6, 6.07) is 4.00. The van der Waals surface area contributed by atoms with E-state index >= 15 is 0 Å². The van der Waals surface area contributed by atoms with Gasteiger partial charge in [-0.2, -0.15) is 0 Å². The zero-order valence-electron chi connectivity index (χ0n) is 25.7. The molecular weight excluding hydrogens is 592 g/mol. The van der Waals surface area contributed by atoms with Gasteiger partial charge in [-0.15, -0.1) is 12.4 Å². The molecule has 0 radical (unpaired) electrons. The van der Waals surface area contributed by atoms with Gasteiger partial charge in [0.15, 0.2) is 0 Å². The van der Waals surface area contributed by atoms with Gasteiger partial charge < -0.3 is 40.2 Å². The van der Waals surface area contributed by atoms with Crippen LogP contribution in [0.2, 0.25) is 0 Å². The molecule has 242 valence electrons. The van der Waals surface area contributed by atoms with Crippen molar-refractivity contribution in [1.82, 2.24) is 30.3 Å². The van der Waals surface area contributed by atoms with Crippen LogP contribution in [0.25, 0.3) is 10.9 Å². The van der Waals surface area contributed by atoms with Crippen LogP contribution < -0.4 is 20.7 Å². The number of piperazine rings is 1. The Morgan fingerprint density at radius 1 is 1.02 bits per heavy atom. The molecule has 1 saturated carbocycles. The third-order valence-corrected chi connectivity index (χ3v) is 8.63. The van der Waals surface area contributed by atoms with Gasteiger partial charge in [-0.3, -0.25) is 24.0 Å². The first-order chi connectivity index (χ1) is 20.6. The van der Waals surface area contributed by atoms with E-state index in [-0.39, 0.29) is 67.6 Å². The van der Waals surface area contributed by atoms with E-state index in [1.54, 1.807) is 53.6 Å². The number of nitrogens with zero attached hydrogens (tertiary/aromatic N) is 3. The number of aromatic nitrogens is 1. The highest BCUT2D eigenvalue weighted by Crippen LogP contribution is 2.31. The first-order valence-electron chi connectivity index (χ1n) is 14.8. The topological polar surface area (TPSA) is 162 Å². The molecule has 1 saturated heterocycles. The highest BCUT2D eigenvalue weighted by molar-refractivity contribution is 6.16. The first kappa shape index (κ1) is 34.6. The van der Waals surface area contributed by atoms with E-state index < -0.39 is 36.4 Å². The number of nitrogens with one attached hydrogen (secondary N) is 3. The fraction of sp³-hybridized carbons (Fsp3) is 0.567. The van der Waals surface area contributed by atoms with Gasteiger partial charge >= 0.3 is 5.97 Å². The molecule has 2 fully saturated rings. The summed E-state index contributed by atoms with van der Waals surface area (Å²) in [6.45, 7) is 2.20.